The fourth-order valence-corrected chi connectivity index (χ4v) is 0.601. The van der Waals surface area contributed by atoms with Crippen molar-refractivity contribution >= 4 is 5.97 Å². The molecule has 0 saturated carbocycles. The van der Waals surface area contributed by atoms with E-state index in [-0.39, 0.29) is 5.92 Å². The highest BCUT2D eigenvalue weighted by molar-refractivity contribution is 5.75. The molecule has 0 aromatic heterocycles. The van der Waals surface area contributed by atoms with Crippen molar-refractivity contribution < 1.29 is 9.53 Å². The Morgan fingerprint density at radius 1 is 1.60 bits per heavy atom. The van der Waals surface area contributed by atoms with Gasteiger partial charge in [0.1, 0.15) is 5.92 Å². The predicted octanol–water partition coefficient (Wildman–Crippen LogP) is 0.955. The minimum Gasteiger partial charge on any atom is -0.468 e. The Balaban J connectivity index is 4.11. The van der Waals surface area contributed by atoms with E-state index in [0.29, 0.717) is 0 Å². The lowest BCUT2D eigenvalue weighted by atomic mass is 9.98. The molecule has 0 bridgehead atoms. The van der Waals surface area contributed by atoms with Crippen molar-refractivity contribution in [2.75, 3.05) is 7.11 Å². The van der Waals surface area contributed by atoms with Crippen molar-refractivity contribution in [2.24, 2.45) is 11.8 Å². The summed E-state index contributed by atoms with van der Waals surface area (Å²) in [5, 5.41) is 8.45. The van der Waals surface area contributed by atoms with Crippen molar-refractivity contribution in [3.63, 3.8) is 0 Å². The molecule has 3 heteroatoms. The fraction of sp³-hybridized carbons (Fsp3) is 0.714. The van der Waals surface area contributed by atoms with Crippen molar-refractivity contribution in [3.8, 4) is 6.07 Å². The predicted molar refractivity (Wildman–Crippen MR) is 36.0 cm³/mol. The Hall–Kier alpha value is -1.04. The molecular weight excluding hydrogens is 130 g/mol. The summed E-state index contributed by atoms with van der Waals surface area (Å²) >= 11 is 0. The number of carbonyl (C=O) groups excluding carboxylic acids is 1. The molecule has 0 aliphatic carbocycles. The van der Waals surface area contributed by atoms with Crippen molar-refractivity contribution in [3.05, 3.63) is 0 Å². The first-order chi connectivity index (χ1) is 4.63. The van der Waals surface area contributed by atoms with Crippen LogP contribution in [0.2, 0.25) is 0 Å². The van der Waals surface area contributed by atoms with E-state index in [4.69, 9.17) is 5.26 Å². The van der Waals surface area contributed by atoms with Gasteiger partial charge < -0.3 is 4.74 Å². The first-order valence-corrected chi connectivity index (χ1v) is 3.11. The van der Waals surface area contributed by atoms with Gasteiger partial charge in [0, 0.05) is 0 Å². The quantitative estimate of drug-likeness (QED) is 0.538. The summed E-state index contributed by atoms with van der Waals surface area (Å²) in [6.45, 7) is 3.62. The number of hydrogen-bond donors (Lipinski definition) is 0. The molecule has 3 nitrogen and oxygen atoms in total. The van der Waals surface area contributed by atoms with E-state index in [9.17, 15) is 4.79 Å². The molecule has 0 N–H and O–H groups in total. The van der Waals surface area contributed by atoms with Gasteiger partial charge in [-0.05, 0) is 5.92 Å². The van der Waals surface area contributed by atoms with E-state index in [1.54, 1.807) is 0 Å². The molecule has 0 radical (unpaired) electrons. The van der Waals surface area contributed by atoms with E-state index in [2.05, 4.69) is 4.74 Å². The fourth-order valence-electron chi connectivity index (χ4n) is 0.601. The van der Waals surface area contributed by atoms with Crippen LogP contribution in [0.3, 0.4) is 0 Å². The maximum atomic E-state index is 10.7. The van der Waals surface area contributed by atoms with Gasteiger partial charge in [0.25, 0.3) is 0 Å². The summed E-state index contributed by atoms with van der Waals surface area (Å²) in [4.78, 5) is 10.7. The van der Waals surface area contributed by atoms with Crippen LogP contribution in [0.25, 0.3) is 0 Å². The lowest BCUT2D eigenvalue weighted by molar-refractivity contribution is -0.144. The third-order valence-electron chi connectivity index (χ3n) is 1.26. The second kappa shape index (κ2) is 3.89. The Kier molecular flexibility index (Phi) is 3.48. The van der Waals surface area contributed by atoms with E-state index in [0.717, 1.165) is 0 Å². The highest BCUT2D eigenvalue weighted by Crippen LogP contribution is 2.10. The van der Waals surface area contributed by atoms with Crippen LogP contribution in [0.5, 0.6) is 0 Å². The van der Waals surface area contributed by atoms with Gasteiger partial charge in [-0.2, -0.15) is 5.26 Å². The molecule has 0 amide bonds. The highest BCUT2D eigenvalue weighted by atomic mass is 16.5. The van der Waals surface area contributed by atoms with Gasteiger partial charge in [0.2, 0.25) is 0 Å². The van der Waals surface area contributed by atoms with Crippen LogP contribution in [-0.4, -0.2) is 13.1 Å². The third kappa shape index (κ3) is 2.06. The van der Waals surface area contributed by atoms with Gasteiger partial charge in [-0.1, -0.05) is 13.8 Å². The number of nitriles is 1. The molecule has 0 aromatic carbocycles. The number of ether oxygens (including phenoxy) is 1. The number of nitrogens with zero attached hydrogens (tertiary/aromatic N) is 1. The smallest absolute Gasteiger partial charge is 0.323 e. The minimum atomic E-state index is -0.620. The minimum absolute atomic E-state index is 0.0254. The average Bonchev–Trinajstić information content (AvgIpc) is 1.88. The number of hydrogen-bond acceptors (Lipinski definition) is 3. The van der Waals surface area contributed by atoms with Crippen molar-refractivity contribution in [2.45, 2.75) is 13.8 Å². The normalized spacial score (nSPS) is 12.3. The zero-order valence-corrected chi connectivity index (χ0v) is 6.42. The summed E-state index contributed by atoms with van der Waals surface area (Å²) in [5.41, 5.74) is 0. The molecule has 0 heterocycles. The largest absolute Gasteiger partial charge is 0.468 e. The Bertz CT molecular complexity index is 157. The molecule has 0 aromatic rings. The highest BCUT2D eigenvalue weighted by Gasteiger charge is 2.21. The topological polar surface area (TPSA) is 50.1 Å². The molecule has 0 spiro atoms. The maximum Gasteiger partial charge on any atom is 0.323 e. The molecule has 10 heavy (non-hydrogen) atoms. The molecular formula is C7H11NO2. The number of rotatable bonds is 2. The first-order valence-electron chi connectivity index (χ1n) is 3.11. The molecule has 0 aliphatic heterocycles. The number of esters is 1. The molecule has 1 atom stereocenters. The molecule has 0 aliphatic rings. The summed E-state index contributed by atoms with van der Waals surface area (Å²) in [6.07, 6.45) is 0. The van der Waals surface area contributed by atoms with Crippen LogP contribution in [0.15, 0.2) is 0 Å². The monoisotopic (exact) mass is 141 g/mol. The van der Waals surface area contributed by atoms with E-state index >= 15 is 0 Å². The standard InChI is InChI=1S/C7H11NO2/c1-5(2)6(4-8)7(9)10-3/h5-6H,1-3H3/t6-/m1/s1. The Morgan fingerprint density at radius 3 is 2.20 bits per heavy atom. The summed E-state index contributed by atoms with van der Waals surface area (Å²) in [5.74, 6) is -1.04. The maximum absolute atomic E-state index is 10.7. The third-order valence-corrected chi connectivity index (χ3v) is 1.26. The molecule has 0 fully saturated rings. The first kappa shape index (κ1) is 8.96. The Labute approximate surface area is 60.6 Å². The van der Waals surface area contributed by atoms with E-state index in [1.807, 2.05) is 19.9 Å². The van der Waals surface area contributed by atoms with Gasteiger partial charge in [0.15, 0.2) is 0 Å². The zero-order chi connectivity index (χ0) is 8.15. The van der Waals surface area contributed by atoms with Crippen LogP contribution in [0.4, 0.5) is 0 Å². The van der Waals surface area contributed by atoms with Gasteiger partial charge >= 0.3 is 5.97 Å². The van der Waals surface area contributed by atoms with Crippen LogP contribution < -0.4 is 0 Å². The van der Waals surface area contributed by atoms with Gasteiger partial charge in [-0.15, -0.1) is 0 Å². The van der Waals surface area contributed by atoms with Crippen molar-refractivity contribution in [1.82, 2.24) is 0 Å². The molecule has 0 rings (SSSR count). The van der Waals surface area contributed by atoms with Gasteiger partial charge in [-0.3, -0.25) is 4.79 Å². The lowest BCUT2D eigenvalue weighted by Crippen LogP contribution is -2.19. The van der Waals surface area contributed by atoms with Gasteiger partial charge in [-0.25, -0.2) is 0 Å². The van der Waals surface area contributed by atoms with E-state index in [1.165, 1.54) is 7.11 Å². The number of carbonyl (C=O) groups is 1. The average molecular weight is 141 g/mol. The molecule has 0 unspecified atom stereocenters. The molecule has 0 saturated heterocycles. The lowest BCUT2D eigenvalue weighted by Gasteiger charge is -2.08. The van der Waals surface area contributed by atoms with Gasteiger partial charge in [0.05, 0.1) is 13.2 Å². The summed E-state index contributed by atoms with van der Waals surface area (Å²) in [6, 6.07) is 1.88. The van der Waals surface area contributed by atoms with E-state index < -0.39 is 11.9 Å². The van der Waals surface area contributed by atoms with Crippen LogP contribution in [-0.2, 0) is 9.53 Å². The molecule has 56 valence electrons. The number of methoxy groups -OCH3 is 1. The second-order valence-corrected chi connectivity index (χ2v) is 2.37. The Morgan fingerprint density at radius 2 is 2.10 bits per heavy atom. The zero-order valence-electron chi connectivity index (χ0n) is 6.42. The SMILES string of the molecule is COC(=O)[C@H](C#N)C(C)C. The summed E-state index contributed by atoms with van der Waals surface area (Å²) in [7, 11) is 1.29. The van der Waals surface area contributed by atoms with Crippen LogP contribution >= 0.6 is 0 Å². The van der Waals surface area contributed by atoms with Crippen LogP contribution in [0, 0.1) is 23.2 Å². The second-order valence-electron chi connectivity index (χ2n) is 2.37. The summed E-state index contributed by atoms with van der Waals surface area (Å²) < 4.78 is 4.40. The van der Waals surface area contributed by atoms with Crippen molar-refractivity contribution in [1.29, 1.82) is 5.26 Å². The van der Waals surface area contributed by atoms with Crippen LogP contribution in [0.1, 0.15) is 13.8 Å².